The van der Waals surface area contributed by atoms with Crippen molar-refractivity contribution in [1.82, 2.24) is 9.62 Å². The van der Waals surface area contributed by atoms with E-state index in [-0.39, 0.29) is 18.0 Å². The molecule has 0 atom stereocenters. The van der Waals surface area contributed by atoms with Gasteiger partial charge in [0, 0.05) is 19.2 Å². The second-order valence-corrected chi connectivity index (χ2v) is 8.25. The third-order valence-electron chi connectivity index (χ3n) is 4.19. The summed E-state index contributed by atoms with van der Waals surface area (Å²) in [7, 11) is -0.858. The number of hydrogen-bond acceptors (Lipinski definition) is 5. The van der Waals surface area contributed by atoms with Gasteiger partial charge in [0.05, 0.1) is 25.2 Å². The zero-order valence-corrected chi connectivity index (χ0v) is 17.4. The normalized spacial score (nSPS) is 11.3. The second kappa shape index (κ2) is 9.57. The van der Waals surface area contributed by atoms with Crippen LogP contribution in [0.2, 0.25) is 0 Å². The number of carbonyl (C=O) groups is 1. The summed E-state index contributed by atoms with van der Waals surface area (Å²) in [5, 5.41) is 2.72. The van der Waals surface area contributed by atoms with Crippen molar-refractivity contribution in [2.24, 2.45) is 0 Å². The average Bonchev–Trinajstić information content (AvgIpc) is 2.68. The van der Waals surface area contributed by atoms with Crippen LogP contribution in [0.3, 0.4) is 0 Å². The van der Waals surface area contributed by atoms with Crippen molar-refractivity contribution >= 4 is 15.9 Å². The number of amides is 1. The summed E-state index contributed by atoms with van der Waals surface area (Å²) in [5.74, 6) is 0.895. The van der Waals surface area contributed by atoms with E-state index in [0.717, 1.165) is 15.4 Å². The van der Waals surface area contributed by atoms with Gasteiger partial charge in [-0.15, -0.1) is 0 Å². The molecule has 8 heteroatoms. The van der Waals surface area contributed by atoms with E-state index >= 15 is 0 Å². The molecule has 1 N–H and O–H groups in total. The van der Waals surface area contributed by atoms with Gasteiger partial charge in [-0.25, -0.2) is 8.42 Å². The number of rotatable bonds is 9. The first-order valence-electron chi connectivity index (χ1n) is 8.88. The van der Waals surface area contributed by atoms with Gasteiger partial charge < -0.3 is 14.8 Å². The molecule has 0 bridgehead atoms. The Labute approximate surface area is 166 Å². The number of sulfonamides is 1. The van der Waals surface area contributed by atoms with Crippen molar-refractivity contribution in [2.45, 2.75) is 25.3 Å². The zero-order valence-electron chi connectivity index (χ0n) is 16.6. The van der Waals surface area contributed by atoms with Crippen molar-refractivity contribution in [3.8, 4) is 11.5 Å². The number of nitrogens with zero attached hydrogens (tertiary/aromatic N) is 1. The first kappa shape index (κ1) is 21.7. The standard InChI is InChI=1S/C20H26N2O5S/c1-5-27-18-11-10-17(12-15(18)2)28(24,25)22(3)14-20(23)21-13-16-8-6-7-9-19(16)26-4/h6-12H,5,13-14H2,1-4H3,(H,21,23). The Morgan fingerprint density at radius 1 is 1.14 bits per heavy atom. The van der Waals surface area contributed by atoms with Gasteiger partial charge in [-0.2, -0.15) is 4.31 Å². The number of benzene rings is 2. The molecule has 0 aliphatic rings. The fourth-order valence-electron chi connectivity index (χ4n) is 2.67. The summed E-state index contributed by atoms with van der Waals surface area (Å²) in [4.78, 5) is 12.4. The van der Waals surface area contributed by atoms with Crippen LogP contribution >= 0.6 is 0 Å². The predicted molar refractivity (Wildman–Crippen MR) is 107 cm³/mol. The average molecular weight is 407 g/mol. The van der Waals surface area contributed by atoms with Crippen LogP contribution in [0.5, 0.6) is 11.5 Å². The lowest BCUT2D eigenvalue weighted by Gasteiger charge is -2.18. The minimum absolute atomic E-state index is 0.119. The minimum atomic E-state index is -3.79. The molecule has 0 saturated heterocycles. The molecule has 0 aliphatic carbocycles. The smallest absolute Gasteiger partial charge is 0.243 e. The molecule has 2 rings (SSSR count). The number of likely N-dealkylation sites (N-methyl/N-ethyl adjacent to an activating group) is 1. The van der Waals surface area contributed by atoms with Crippen molar-refractivity contribution in [1.29, 1.82) is 0 Å². The van der Waals surface area contributed by atoms with Crippen LogP contribution in [-0.4, -0.2) is 45.9 Å². The van der Waals surface area contributed by atoms with E-state index in [0.29, 0.717) is 18.1 Å². The molecule has 0 saturated carbocycles. The highest BCUT2D eigenvalue weighted by atomic mass is 32.2. The van der Waals surface area contributed by atoms with Gasteiger partial charge in [0.25, 0.3) is 0 Å². The van der Waals surface area contributed by atoms with Gasteiger partial charge >= 0.3 is 0 Å². The van der Waals surface area contributed by atoms with Gasteiger partial charge in [0.15, 0.2) is 0 Å². The molecule has 2 aromatic rings. The Morgan fingerprint density at radius 2 is 1.86 bits per heavy atom. The van der Waals surface area contributed by atoms with Crippen LogP contribution in [0, 0.1) is 6.92 Å². The number of nitrogens with one attached hydrogen (secondary N) is 1. The van der Waals surface area contributed by atoms with Gasteiger partial charge in [-0.3, -0.25) is 4.79 Å². The molecule has 2 aromatic carbocycles. The summed E-state index contributed by atoms with van der Waals surface area (Å²) in [6, 6.07) is 12.0. The fraction of sp³-hybridized carbons (Fsp3) is 0.350. The third-order valence-corrected chi connectivity index (χ3v) is 5.99. The Morgan fingerprint density at radius 3 is 2.50 bits per heavy atom. The third kappa shape index (κ3) is 5.24. The van der Waals surface area contributed by atoms with Crippen LogP contribution in [0.25, 0.3) is 0 Å². The van der Waals surface area contributed by atoms with Crippen molar-refractivity contribution in [3.63, 3.8) is 0 Å². The highest BCUT2D eigenvalue weighted by Crippen LogP contribution is 2.23. The summed E-state index contributed by atoms with van der Waals surface area (Å²) in [6.45, 7) is 4.10. The van der Waals surface area contributed by atoms with Gasteiger partial charge in [-0.05, 0) is 43.7 Å². The molecule has 0 spiro atoms. The molecule has 0 unspecified atom stereocenters. The highest BCUT2D eigenvalue weighted by molar-refractivity contribution is 7.89. The summed E-state index contributed by atoms with van der Waals surface area (Å²) in [6.07, 6.45) is 0. The van der Waals surface area contributed by atoms with Crippen molar-refractivity contribution < 1.29 is 22.7 Å². The molecule has 28 heavy (non-hydrogen) atoms. The maximum absolute atomic E-state index is 12.7. The minimum Gasteiger partial charge on any atom is -0.496 e. The lowest BCUT2D eigenvalue weighted by Crippen LogP contribution is -2.38. The molecule has 0 aliphatic heterocycles. The topological polar surface area (TPSA) is 84.9 Å². The highest BCUT2D eigenvalue weighted by Gasteiger charge is 2.23. The number of hydrogen-bond donors (Lipinski definition) is 1. The summed E-state index contributed by atoms with van der Waals surface area (Å²) < 4.78 is 37.2. The first-order valence-corrected chi connectivity index (χ1v) is 10.3. The number of methoxy groups -OCH3 is 1. The van der Waals surface area contributed by atoms with Crippen molar-refractivity contribution in [3.05, 3.63) is 53.6 Å². The van der Waals surface area contributed by atoms with Gasteiger partial charge in [0.1, 0.15) is 11.5 Å². The number of carbonyl (C=O) groups excluding carboxylic acids is 1. The molecule has 0 radical (unpaired) electrons. The maximum Gasteiger partial charge on any atom is 0.243 e. The van der Waals surface area contributed by atoms with Crippen LogP contribution in [-0.2, 0) is 21.4 Å². The monoisotopic (exact) mass is 406 g/mol. The second-order valence-electron chi connectivity index (χ2n) is 6.21. The van der Waals surface area contributed by atoms with E-state index in [1.807, 2.05) is 25.1 Å². The van der Waals surface area contributed by atoms with Gasteiger partial charge in [-0.1, -0.05) is 18.2 Å². The van der Waals surface area contributed by atoms with Crippen LogP contribution in [0.15, 0.2) is 47.4 Å². The first-order chi connectivity index (χ1) is 13.3. The Bertz CT molecular complexity index is 928. The summed E-state index contributed by atoms with van der Waals surface area (Å²) >= 11 is 0. The number of para-hydroxylation sites is 1. The number of ether oxygens (including phenoxy) is 2. The van der Waals surface area contributed by atoms with E-state index in [1.165, 1.54) is 13.1 Å². The van der Waals surface area contributed by atoms with E-state index < -0.39 is 15.9 Å². The lowest BCUT2D eigenvalue weighted by molar-refractivity contribution is -0.121. The molecular weight excluding hydrogens is 380 g/mol. The molecule has 1 amide bonds. The Hall–Kier alpha value is -2.58. The molecule has 7 nitrogen and oxygen atoms in total. The predicted octanol–water partition coefficient (Wildman–Crippen LogP) is 2.34. The SMILES string of the molecule is CCOc1ccc(S(=O)(=O)N(C)CC(=O)NCc2ccccc2OC)cc1C. The largest absolute Gasteiger partial charge is 0.496 e. The van der Waals surface area contributed by atoms with Crippen LogP contribution in [0.4, 0.5) is 0 Å². The molecule has 0 heterocycles. The molecular formula is C20H26N2O5S. The Balaban J connectivity index is 2.03. The molecule has 152 valence electrons. The van der Waals surface area contributed by atoms with E-state index in [1.54, 1.807) is 32.2 Å². The molecule has 0 fully saturated rings. The fourth-order valence-corrected chi connectivity index (χ4v) is 3.88. The molecule has 0 aromatic heterocycles. The lowest BCUT2D eigenvalue weighted by atomic mass is 10.2. The van der Waals surface area contributed by atoms with E-state index in [2.05, 4.69) is 5.32 Å². The summed E-state index contributed by atoms with van der Waals surface area (Å²) in [5.41, 5.74) is 1.53. The Kier molecular flexibility index (Phi) is 7.42. The van der Waals surface area contributed by atoms with Gasteiger partial charge in [0.2, 0.25) is 15.9 Å². The zero-order chi connectivity index (χ0) is 20.7. The van der Waals surface area contributed by atoms with Crippen LogP contribution in [0.1, 0.15) is 18.1 Å². The van der Waals surface area contributed by atoms with Crippen molar-refractivity contribution in [2.75, 3.05) is 27.3 Å². The van der Waals surface area contributed by atoms with Crippen LogP contribution < -0.4 is 14.8 Å². The van der Waals surface area contributed by atoms with E-state index in [9.17, 15) is 13.2 Å². The number of aryl methyl sites for hydroxylation is 1. The van der Waals surface area contributed by atoms with E-state index in [4.69, 9.17) is 9.47 Å². The quantitative estimate of drug-likeness (QED) is 0.691. The maximum atomic E-state index is 12.7.